The molecule has 2 aliphatic rings. The lowest BCUT2D eigenvalue weighted by Crippen LogP contribution is -2.29. The summed E-state index contributed by atoms with van der Waals surface area (Å²) in [5.41, 5.74) is 20.8. The molecule has 0 aliphatic heterocycles. The van der Waals surface area contributed by atoms with E-state index >= 15 is 0 Å². The van der Waals surface area contributed by atoms with Crippen molar-refractivity contribution >= 4 is 21.9 Å². The molecule has 3 heteroatoms. The molecule has 0 amide bonds. The zero-order valence-corrected chi connectivity index (χ0v) is 33.6. The summed E-state index contributed by atoms with van der Waals surface area (Å²) < 4.78 is 6.24. The summed E-state index contributed by atoms with van der Waals surface area (Å²) in [5, 5.41) is 2.15. The van der Waals surface area contributed by atoms with Gasteiger partial charge < -0.3 is 4.42 Å². The number of benzene rings is 9. The molecule has 2 heterocycles. The maximum absolute atomic E-state index is 6.24. The monoisotopic (exact) mass is 788 g/mol. The van der Waals surface area contributed by atoms with Crippen molar-refractivity contribution in [2.45, 2.75) is 5.41 Å². The number of hydrogen-bond acceptors (Lipinski definition) is 3. The van der Waals surface area contributed by atoms with Crippen LogP contribution in [0, 0.1) is 0 Å². The van der Waals surface area contributed by atoms with Crippen LogP contribution in [0.15, 0.2) is 223 Å². The van der Waals surface area contributed by atoms with Crippen LogP contribution in [-0.4, -0.2) is 9.97 Å². The number of aromatic nitrogens is 2. The highest BCUT2D eigenvalue weighted by atomic mass is 16.3. The average molecular weight is 789 g/mol. The fourth-order valence-electron chi connectivity index (χ4n) is 10.4. The number of furan rings is 1. The van der Waals surface area contributed by atoms with Gasteiger partial charge in [0.2, 0.25) is 0 Å². The Morgan fingerprint density at radius 3 is 1.48 bits per heavy atom. The molecular formula is C59H36N2O. The molecule has 62 heavy (non-hydrogen) atoms. The SMILES string of the molecule is c1ccc(-c2cccc(-c3nc(-c4ccc5c(c4)-c4ccccc4C54c5ccccc5-c5ccccc5-c5ccccc54)cc(-c4ccc5oc6ccccc6c5c4)n3)c2)cc1. The van der Waals surface area contributed by atoms with E-state index in [2.05, 4.69) is 206 Å². The Morgan fingerprint density at radius 1 is 0.290 bits per heavy atom. The van der Waals surface area contributed by atoms with Gasteiger partial charge >= 0.3 is 0 Å². The van der Waals surface area contributed by atoms with Crippen LogP contribution in [-0.2, 0) is 5.41 Å². The first-order chi connectivity index (χ1) is 30.7. The minimum Gasteiger partial charge on any atom is -0.456 e. The standard InChI is InChI=1S/C59H36N2O/c1-2-15-37(16-3-1)38-17-14-18-41(33-38)58-60-54(36-55(61-58)40-30-32-57-49(35-40)47-24-9-13-28-56(47)62-57)39-29-31-53-48(34-39)46-23-8-12-27-52(46)59(53)50-25-10-6-21-44(50)42-19-4-5-20-43(42)45-22-7-11-26-51(45)59/h1-36H. The number of rotatable bonds is 4. The van der Waals surface area contributed by atoms with Crippen molar-refractivity contribution in [3.8, 4) is 78.4 Å². The second kappa shape index (κ2) is 13.4. The second-order valence-electron chi connectivity index (χ2n) is 16.4. The molecule has 288 valence electrons. The third kappa shape index (κ3) is 5.06. The number of nitrogens with zero attached hydrogens (tertiary/aromatic N) is 2. The molecule has 1 spiro atoms. The summed E-state index contributed by atoms with van der Waals surface area (Å²) in [7, 11) is 0. The first kappa shape index (κ1) is 34.7. The number of hydrogen-bond donors (Lipinski definition) is 0. The molecule has 0 fully saturated rings. The van der Waals surface area contributed by atoms with Gasteiger partial charge in [-0.1, -0.05) is 176 Å². The predicted molar refractivity (Wildman–Crippen MR) is 253 cm³/mol. The molecule has 2 aliphatic carbocycles. The largest absolute Gasteiger partial charge is 0.456 e. The van der Waals surface area contributed by atoms with Crippen molar-refractivity contribution in [3.05, 3.63) is 241 Å². The van der Waals surface area contributed by atoms with Gasteiger partial charge in [0.1, 0.15) is 11.2 Å². The molecular weight excluding hydrogens is 753 g/mol. The summed E-state index contributed by atoms with van der Waals surface area (Å²) in [5.74, 6) is 0.675. The van der Waals surface area contributed by atoms with Crippen LogP contribution < -0.4 is 0 Å². The topological polar surface area (TPSA) is 38.9 Å². The minimum atomic E-state index is -0.542. The zero-order valence-electron chi connectivity index (χ0n) is 33.6. The molecule has 9 aromatic carbocycles. The highest BCUT2D eigenvalue weighted by molar-refractivity contribution is 6.06. The van der Waals surface area contributed by atoms with Crippen LogP contribution in [0.3, 0.4) is 0 Å². The molecule has 13 rings (SSSR count). The first-order valence-corrected chi connectivity index (χ1v) is 21.2. The Morgan fingerprint density at radius 2 is 0.790 bits per heavy atom. The molecule has 2 aromatic heterocycles. The average Bonchev–Trinajstić information content (AvgIpc) is 3.84. The summed E-state index contributed by atoms with van der Waals surface area (Å²) in [6.07, 6.45) is 0. The van der Waals surface area contributed by atoms with Crippen molar-refractivity contribution in [2.24, 2.45) is 0 Å². The lowest BCUT2D eigenvalue weighted by molar-refractivity contribution is 0.669. The molecule has 0 atom stereocenters. The van der Waals surface area contributed by atoms with Crippen LogP contribution >= 0.6 is 0 Å². The van der Waals surface area contributed by atoms with Crippen LogP contribution in [0.5, 0.6) is 0 Å². The summed E-state index contributed by atoms with van der Waals surface area (Å²) in [6.45, 7) is 0. The van der Waals surface area contributed by atoms with Gasteiger partial charge in [-0.15, -0.1) is 0 Å². The Balaban J connectivity index is 1.05. The molecule has 3 nitrogen and oxygen atoms in total. The van der Waals surface area contributed by atoms with E-state index in [-0.39, 0.29) is 0 Å². The molecule has 0 unspecified atom stereocenters. The molecule has 0 saturated carbocycles. The quantitative estimate of drug-likeness (QED) is 0.178. The van der Waals surface area contributed by atoms with Crippen molar-refractivity contribution in [1.29, 1.82) is 0 Å². The number of para-hydroxylation sites is 1. The van der Waals surface area contributed by atoms with E-state index in [1.165, 1.54) is 55.6 Å². The minimum absolute atomic E-state index is 0.542. The van der Waals surface area contributed by atoms with Gasteiger partial charge in [0, 0.05) is 27.5 Å². The van der Waals surface area contributed by atoms with Crippen molar-refractivity contribution in [1.82, 2.24) is 9.97 Å². The van der Waals surface area contributed by atoms with Gasteiger partial charge in [-0.3, -0.25) is 0 Å². The van der Waals surface area contributed by atoms with E-state index in [1.54, 1.807) is 0 Å². The van der Waals surface area contributed by atoms with Gasteiger partial charge in [-0.05, 0) is 109 Å². The lowest BCUT2D eigenvalue weighted by atomic mass is 9.66. The summed E-state index contributed by atoms with van der Waals surface area (Å²) in [4.78, 5) is 10.7. The van der Waals surface area contributed by atoms with Crippen LogP contribution in [0.1, 0.15) is 22.3 Å². The smallest absolute Gasteiger partial charge is 0.160 e. The Kier molecular flexibility index (Phi) is 7.52. The van der Waals surface area contributed by atoms with Gasteiger partial charge in [0.15, 0.2) is 5.82 Å². The van der Waals surface area contributed by atoms with Crippen LogP contribution in [0.4, 0.5) is 0 Å². The Bertz CT molecular complexity index is 3530. The van der Waals surface area contributed by atoms with Crippen LogP contribution in [0.25, 0.3) is 100 Å². The van der Waals surface area contributed by atoms with E-state index in [4.69, 9.17) is 14.4 Å². The fourth-order valence-corrected chi connectivity index (χ4v) is 10.4. The highest BCUT2D eigenvalue weighted by Gasteiger charge is 2.49. The fraction of sp³-hybridized carbons (Fsp3) is 0.0169. The van der Waals surface area contributed by atoms with E-state index in [0.29, 0.717) is 5.82 Å². The third-order valence-corrected chi connectivity index (χ3v) is 13.1. The molecule has 0 saturated heterocycles. The Labute approximate surface area is 359 Å². The van der Waals surface area contributed by atoms with E-state index in [1.807, 2.05) is 12.1 Å². The lowest BCUT2D eigenvalue weighted by Gasteiger charge is -2.35. The van der Waals surface area contributed by atoms with Crippen molar-refractivity contribution < 1.29 is 4.42 Å². The molecule has 0 radical (unpaired) electrons. The normalized spacial score (nSPS) is 13.0. The maximum atomic E-state index is 6.24. The first-order valence-electron chi connectivity index (χ1n) is 21.2. The number of fused-ring (bicyclic) bond motifs is 15. The van der Waals surface area contributed by atoms with Gasteiger partial charge in [-0.25, -0.2) is 9.97 Å². The molecule has 0 bridgehead atoms. The van der Waals surface area contributed by atoms with Crippen molar-refractivity contribution in [3.63, 3.8) is 0 Å². The highest BCUT2D eigenvalue weighted by Crippen LogP contribution is 2.61. The van der Waals surface area contributed by atoms with Gasteiger partial charge in [-0.2, -0.15) is 0 Å². The molecule has 11 aromatic rings. The second-order valence-corrected chi connectivity index (χ2v) is 16.4. The molecule has 0 N–H and O–H groups in total. The predicted octanol–water partition coefficient (Wildman–Crippen LogP) is 15.1. The third-order valence-electron chi connectivity index (χ3n) is 13.1. The van der Waals surface area contributed by atoms with Gasteiger partial charge in [0.05, 0.1) is 16.8 Å². The van der Waals surface area contributed by atoms with E-state index < -0.39 is 5.41 Å². The van der Waals surface area contributed by atoms with E-state index in [9.17, 15) is 0 Å². The summed E-state index contributed by atoms with van der Waals surface area (Å²) >= 11 is 0. The zero-order chi connectivity index (χ0) is 40.8. The van der Waals surface area contributed by atoms with Gasteiger partial charge in [0.25, 0.3) is 0 Å². The van der Waals surface area contributed by atoms with Crippen molar-refractivity contribution in [2.75, 3.05) is 0 Å². The maximum Gasteiger partial charge on any atom is 0.160 e. The Hall–Kier alpha value is -8.14. The van der Waals surface area contributed by atoms with E-state index in [0.717, 1.165) is 61.1 Å². The summed E-state index contributed by atoms with van der Waals surface area (Å²) in [6, 6.07) is 78.8. The van der Waals surface area contributed by atoms with Crippen LogP contribution in [0.2, 0.25) is 0 Å².